The topological polar surface area (TPSA) is 40.5 Å². The molecule has 1 aliphatic carbocycles. The second-order valence-electron chi connectivity index (χ2n) is 3.50. The Bertz CT molecular complexity index is 242. The van der Waals surface area contributed by atoms with Gasteiger partial charge in [0.05, 0.1) is 4.87 Å². The van der Waals surface area contributed by atoms with Crippen LogP contribution in [0, 0.1) is 0 Å². The van der Waals surface area contributed by atoms with Gasteiger partial charge in [-0.15, -0.1) is 11.6 Å². The van der Waals surface area contributed by atoms with Crippen LogP contribution in [0.2, 0.25) is 0 Å². The molecular formula is C12H23ClO2Ti. The van der Waals surface area contributed by atoms with E-state index in [0.29, 0.717) is 0 Å². The Labute approximate surface area is 119 Å². The number of aliphatic hydroxyl groups is 2. The van der Waals surface area contributed by atoms with E-state index in [1.54, 1.807) is 0 Å². The second-order valence-corrected chi connectivity index (χ2v) is 4.26. The molecule has 0 atom stereocenters. The van der Waals surface area contributed by atoms with Gasteiger partial charge in [0.1, 0.15) is 0 Å². The van der Waals surface area contributed by atoms with Crippen LogP contribution in [0.4, 0.5) is 0 Å². The van der Waals surface area contributed by atoms with Crippen LogP contribution in [0.15, 0.2) is 22.3 Å². The molecule has 0 heterocycles. The summed E-state index contributed by atoms with van der Waals surface area (Å²) in [4.78, 5) is -0.214. The van der Waals surface area contributed by atoms with E-state index in [-0.39, 0.29) is 26.6 Å². The molecule has 1 aliphatic rings. The average Bonchev–Trinajstić information content (AvgIpc) is 2.40. The minimum atomic E-state index is -0.214. The smallest absolute Gasteiger partial charge is 0.0842 e. The zero-order chi connectivity index (χ0) is 12.8. The first kappa shape index (κ1) is 21.7. The van der Waals surface area contributed by atoms with Crippen molar-refractivity contribution in [3.8, 4) is 0 Å². The number of allylic oxidation sites excluding steroid dienone is 4. The second kappa shape index (κ2) is 9.44. The van der Waals surface area contributed by atoms with Gasteiger partial charge in [-0.05, 0) is 56.9 Å². The molecule has 0 unspecified atom stereocenters. The van der Waals surface area contributed by atoms with Gasteiger partial charge in [-0.3, -0.25) is 0 Å². The molecule has 0 spiro atoms. The zero-order valence-electron chi connectivity index (χ0n) is 11.3. The largest absolute Gasteiger partial charge is 0.400 e. The Balaban J connectivity index is -0.000000305. The average molecular weight is 283 g/mol. The Kier molecular flexibility index (Phi) is 12.8. The number of hydrogen-bond donors (Lipinski definition) is 2. The molecular weight excluding hydrogens is 259 g/mol. The SMILES string of the molecule is CC1=C(C)C(C)(Cl)C(C)=C1C.CO.CO.[Ti]. The van der Waals surface area contributed by atoms with Crippen molar-refractivity contribution >= 4 is 11.6 Å². The van der Waals surface area contributed by atoms with Gasteiger partial charge in [-0.25, -0.2) is 0 Å². The van der Waals surface area contributed by atoms with Crippen molar-refractivity contribution < 1.29 is 31.9 Å². The van der Waals surface area contributed by atoms with Crippen molar-refractivity contribution in [1.29, 1.82) is 0 Å². The van der Waals surface area contributed by atoms with E-state index >= 15 is 0 Å². The van der Waals surface area contributed by atoms with Gasteiger partial charge >= 0.3 is 0 Å². The Hall–Kier alpha value is 0.404. The van der Waals surface area contributed by atoms with Crippen molar-refractivity contribution in [2.45, 2.75) is 39.5 Å². The van der Waals surface area contributed by atoms with Crippen LogP contribution in [-0.4, -0.2) is 29.3 Å². The van der Waals surface area contributed by atoms with E-state index in [4.69, 9.17) is 21.8 Å². The molecule has 0 saturated carbocycles. The summed E-state index contributed by atoms with van der Waals surface area (Å²) in [5, 5.41) is 14.0. The van der Waals surface area contributed by atoms with Crippen molar-refractivity contribution in [3.63, 3.8) is 0 Å². The summed E-state index contributed by atoms with van der Waals surface area (Å²) < 4.78 is 0. The summed E-state index contributed by atoms with van der Waals surface area (Å²) in [6.45, 7) is 10.6. The Morgan fingerprint density at radius 3 is 1.06 bits per heavy atom. The Morgan fingerprint density at radius 2 is 1.00 bits per heavy atom. The molecule has 0 aliphatic heterocycles. The summed E-state index contributed by atoms with van der Waals surface area (Å²) in [5.41, 5.74) is 5.32. The maximum Gasteiger partial charge on any atom is 0.0842 e. The molecule has 0 aromatic rings. The summed E-state index contributed by atoms with van der Waals surface area (Å²) in [6.07, 6.45) is 0. The third-order valence-electron chi connectivity index (χ3n) is 3.10. The Morgan fingerprint density at radius 1 is 0.812 bits per heavy atom. The third kappa shape index (κ3) is 4.35. The standard InChI is InChI=1S/C10H15Cl.2CH4O.Ti/c1-6-7(2)9(4)10(5,11)8(6)3;2*1-2;/h1-5H3;2*2H,1H3;. The van der Waals surface area contributed by atoms with Gasteiger partial charge in [0.25, 0.3) is 0 Å². The molecule has 0 fully saturated rings. The predicted octanol–water partition coefficient (Wildman–Crippen LogP) is 2.88. The first-order valence-electron chi connectivity index (χ1n) is 4.83. The summed E-state index contributed by atoms with van der Waals surface area (Å²) in [5.74, 6) is 0. The maximum absolute atomic E-state index is 7.00. The molecule has 2 N–H and O–H groups in total. The number of rotatable bonds is 0. The van der Waals surface area contributed by atoms with E-state index in [9.17, 15) is 0 Å². The molecule has 16 heavy (non-hydrogen) atoms. The van der Waals surface area contributed by atoms with E-state index in [1.165, 1.54) is 22.3 Å². The van der Waals surface area contributed by atoms with Crippen LogP contribution in [0.1, 0.15) is 34.6 Å². The minimum Gasteiger partial charge on any atom is -0.400 e. The van der Waals surface area contributed by atoms with Gasteiger partial charge in [-0.2, -0.15) is 0 Å². The van der Waals surface area contributed by atoms with Crippen LogP contribution in [0.5, 0.6) is 0 Å². The fraction of sp³-hybridized carbons (Fsp3) is 0.667. The number of hydrogen-bond acceptors (Lipinski definition) is 2. The molecule has 0 radical (unpaired) electrons. The third-order valence-corrected chi connectivity index (χ3v) is 3.66. The normalized spacial score (nSPS) is 16.9. The molecule has 0 bridgehead atoms. The molecule has 4 heteroatoms. The summed E-state index contributed by atoms with van der Waals surface area (Å²) in [7, 11) is 2.00. The first-order chi connectivity index (χ1) is 6.89. The van der Waals surface area contributed by atoms with Crippen molar-refractivity contribution in [2.75, 3.05) is 14.2 Å². The molecule has 0 aromatic carbocycles. The summed E-state index contributed by atoms with van der Waals surface area (Å²) in [6, 6.07) is 0. The van der Waals surface area contributed by atoms with Crippen LogP contribution in [0.25, 0.3) is 0 Å². The van der Waals surface area contributed by atoms with Gasteiger partial charge in [0.15, 0.2) is 0 Å². The number of aliphatic hydroxyl groups excluding tert-OH is 2. The molecule has 1 rings (SSSR count). The van der Waals surface area contributed by atoms with Crippen molar-refractivity contribution in [2.24, 2.45) is 0 Å². The summed E-state index contributed by atoms with van der Waals surface area (Å²) >= 11 is 6.34. The van der Waals surface area contributed by atoms with Crippen molar-refractivity contribution in [1.82, 2.24) is 0 Å². The van der Waals surface area contributed by atoms with Gasteiger partial charge < -0.3 is 10.2 Å². The van der Waals surface area contributed by atoms with Crippen LogP contribution in [0.3, 0.4) is 0 Å². The number of alkyl halides is 1. The molecule has 94 valence electrons. The van der Waals surface area contributed by atoms with Crippen molar-refractivity contribution in [3.05, 3.63) is 22.3 Å². The van der Waals surface area contributed by atoms with Crippen LogP contribution >= 0.6 is 11.6 Å². The monoisotopic (exact) mass is 282 g/mol. The van der Waals surface area contributed by atoms with Crippen LogP contribution in [-0.2, 0) is 21.7 Å². The van der Waals surface area contributed by atoms with Gasteiger partial charge in [-0.1, -0.05) is 0 Å². The van der Waals surface area contributed by atoms with E-state index in [0.717, 1.165) is 14.2 Å². The number of halogens is 1. The minimum absolute atomic E-state index is 0. The maximum atomic E-state index is 7.00. The van der Waals surface area contributed by atoms with E-state index in [1.807, 2.05) is 0 Å². The van der Waals surface area contributed by atoms with Crippen LogP contribution < -0.4 is 0 Å². The molecule has 0 aromatic heterocycles. The first-order valence-corrected chi connectivity index (χ1v) is 5.21. The molecule has 0 saturated heterocycles. The quantitative estimate of drug-likeness (QED) is 0.530. The predicted molar refractivity (Wildman–Crippen MR) is 67.3 cm³/mol. The fourth-order valence-electron chi connectivity index (χ4n) is 1.55. The van der Waals surface area contributed by atoms with E-state index in [2.05, 4.69) is 34.6 Å². The molecule has 2 nitrogen and oxygen atoms in total. The van der Waals surface area contributed by atoms with Gasteiger partial charge in [0.2, 0.25) is 0 Å². The zero-order valence-corrected chi connectivity index (χ0v) is 13.6. The molecule has 0 amide bonds. The van der Waals surface area contributed by atoms with Gasteiger partial charge in [0, 0.05) is 35.9 Å². The fourth-order valence-corrected chi connectivity index (χ4v) is 1.83. The van der Waals surface area contributed by atoms with E-state index < -0.39 is 0 Å².